The summed E-state index contributed by atoms with van der Waals surface area (Å²) in [5, 5.41) is 0.921. The Labute approximate surface area is 134 Å². The summed E-state index contributed by atoms with van der Waals surface area (Å²) in [4.78, 5) is 15.7. The summed E-state index contributed by atoms with van der Waals surface area (Å²) in [6.45, 7) is 2.79. The lowest BCUT2D eigenvalue weighted by molar-refractivity contribution is -0.140. The third-order valence-corrected chi connectivity index (χ3v) is 4.41. The molecule has 0 amide bonds. The van der Waals surface area contributed by atoms with Gasteiger partial charge in [-0.05, 0) is 5.56 Å². The SMILES string of the molecule is CCc1nc(N)c(SCCC(=O)OC)n1Cc1ccccc1. The summed E-state index contributed by atoms with van der Waals surface area (Å²) >= 11 is 1.55. The molecule has 0 saturated heterocycles. The van der Waals surface area contributed by atoms with Gasteiger partial charge in [-0.3, -0.25) is 4.79 Å². The van der Waals surface area contributed by atoms with Crippen LogP contribution in [-0.2, 0) is 22.5 Å². The third-order valence-electron chi connectivity index (χ3n) is 3.30. The highest BCUT2D eigenvalue weighted by molar-refractivity contribution is 7.99. The number of nitrogens with zero attached hydrogens (tertiary/aromatic N) is 2. The Kier molecular flexibility index (Phi) is 5.89. The van der Waals surface area contributed by atoms with Crippen LogP contribution in [0.5, 0.6) is 0 Å². The van der Waals surface area contributed by atoms with Crippen molar-refractivity contribution in [2.45, 2.75) is 31.3 Å². The number of imidazole rings is 1. The molecule has 0 aliphatic heterocycles. The number of benzene rings is 1. The van der Waals surface area contributed by atoms with Crippen LogP contribution < -0.4 is 5.73 Å². The Bertz CT molecular complexity index is 626. The summed E-state index contributed by atoms with van der Waals surface area (Å²) in [6.07, 6.45) is 1.17. The predicted octanol–water partition coefficient (Wildman–Crippen LogP) is 2.73. The molecule has 0 aliphatic rings. The number of methoxy groups -OCH3 is 1. The van der Waals surface area contributed by atoms with Crippen molar-refractivity contribution in [1.29, 1.82) is 0 Å². The number of nitrogens with two attached hydrogens (primary N) is 1. The van der Waals surface area contributed by atoms with Crippen molar-refractivity contribution in [3.63, 3.8) is 0 Å². The molecule has 2 N–H and O–H groups in total. The zero-order valence-corrected chi connectivity index (χ0v) is 13.7. The van der Waals surface area contributed by atoms with Crippen LogP contribution in [-0.4, -0.2) is 28.4 Å². The first kappa shape index (κ1) is 16.4. The highest BCUT2D eigenvalue weighted by atomic mass is 32.2. The van der Waals surface area contributed by atoms with Crippen LogP contribution in [0.1, 0.15) is 24.7 Å². The maximum atomic E-state index is 11.2. The Morgan fingerprint density at radius 1 is 1.36 bits per heavy atom. The number of hydrogen-bond donors (Lipinski definition) is 1. The van der Waals surface area contributed by atoms with Crippen molar-refractivity contribution in [3.05, 3.63) is 41.7 Å². The van der Waals surface area contributed by atoms with Crippen LogP contribution in [0.2, 0.25) is 0 Å². The highest BCUT2D eigenvalue weighted by Crippen LogP contribution is 2.28. The van der Waals surface area contributed by atoms with Crippen molar-refractivity contribution < 1.29 is 9.53 Å². The highest BCUT2D eigenvalue weighted by Gasteiger charge is 2.15. The van der Waals surface area contributed by atoms with Gasteiger partial charge in [-0.25, -0.2) is 4.98 Å². The molecule has 1 heterocycles. The van der Waals surface area contributed by atoms with Crippen molar-refractivity contribution in [1.82, 2.24) is 9.55 Å². The standard InChI is InChI=1S/C16H21N3O2S/c1-3-13-18-15(17)16(22-10-9-14(20)21-2)19(13)11-12-7-5-4-6-8-12/h4-8H,3,9-11,17H2,1-2H3. The van der Waals surface area contributed by atoms with E-state index in [-0.39, 0.29) is 5.97 Å². The summed E-state index contributed by atoms with van der Waals surface area (Å²) in [5.74, 6) is 1.90. The Morgan fingerprint density at radius 3 is 2.73 bits per heavy atom. The lowest BCUT2D eigenvalue weighted by atomic mass is 10.2. The number of carbonyl (C=O) groups is 1. The number of aromatic nitrogens is 2. The monoisotopic (exact) mass is 319 g/mol. The molecule has 118 valence electrons. The molecule has 1 aromatic carbocycles. The topological polar surface area (TPSA) is 70.1 Å². The first-order valence-corrected chi connectivity index (χ1v) is 8.22. The molecule has 1 aromatic heterocycles. The van der Waals surface area contributed by atoms with Crippen LogP contribution in [0.3, 0.4) is 0 Å². The van der Waals surface area contributed by atoms with Gasteiger partial charge >= 0.3 is 5.97 Å². The molecule has 0 radical (unpaired) electrons. The van der Waals surface area contributed by atoms with Gasteiger partial charge in [0.15, 0.2) is 5.82 Å². The molecule has 6 heteroatoms. The van der Waals surface area contributed by atoms with Gasteiger partial charge in [0.2, 0.25) is 0 Å². The molecule has 0 atom stereocenters. The van der Waals surface area contributed by atoms with Crippen LogP contribution in [0.25, 0.3) is 0 Å². The van der Waals surface area contributed by atoms with Gasteiger partial charge in [-0.1, -0.05) is 37.3 Å². The minimum atomic E-state index is -0.212. The molecule has 0 saturated carbocycles. The Balaban J connectivity index is 2.17. The van der Waals surface area contributed by atoms with Crippen molar-refractivity contribution >= 4 is 23.5 Å². The maximum absolute atomic E-state index is 11.2. The normalized spacial score (nSPS) is 10.6. The number of thioether (sulfide) groups is 1. The second kappa shape index (κ2) is 7.89. The molecular weight excluding hydrogens is 298 g/mol. The fourth-order valence-electron chi connectivity index (χ4n) is 2.19. The first-order valence-electron chi connectivity index (χ1n) is 7.24. The maximum Gasteiger partial charge on any atom is 0.306 e. The number of esters is 1. The van der Waals surface area contributed by atoms with E-state index in [1.54, 1.807) is 11.8 Å². The summed E-state index contributed by atoms with van der Waals surface area (Å²) < 4.78 is 6.80. The van der Waals surface area contributed by atoms with Gasteiger partial charge < -0.3 is 15.0 Å². The summed E-state index contributed by atoms with van der Waals surface area (Å²) in [5.41, 5.74) is 7.25. The van der Waals surface area contributed by atoms with Crippen LogP contribution in [0.4, 0.5) is 5.82 Å². The molecule has 2 aromatic rings. The zero-order valence-electron chi connectivity index (χ0n) is 12.9. The van der Waals surface area contributed by atoms with E-state index in [2.05, 4.69) is 33.3 Å². The van der Waals surface area contributed by atoms with E-state index in [0.29, 0.717) is 18.0 Å². The van der Waals surface area contributed by atoms with Gasteiger partial charge in [0, 0.05) is 18.7 Å². The molecule has 0 aliphatic carbocycles. The summed E-state index contributed by atoms with van der Waals surface area (Å²) in [6, 6.07) is 10.2. The van der Waals surface area contributed by atoms with Gasteiger partial charge in [-0.2, -0.15) is 0 Å². The Morgan fingerprint density at radius 2 is 2.09 bits per heavy atom. The fraction of sp³-hybridized carbons (Fsp3) is 0.375. The van der Waals surface area contributed by atoms with Gasteiger partial charge in [0.25, 0.3) is 0 Å². The molecule has 2 rings (SSSR count). The first-order chi connectivity index (χ1) is 10.7. The molecule has 0 bridgehead atoms. The van der Waals surface area contributed by atoms with E-state index in [4.69, 9.17) is 5.73 Å². The van der Waals surface area contributed by atoms with Crippen LogP contribution >= 0.6 is 11.8 Å². The molecule has 0 unspecified atom stereocenters. The molecule has 0 spiro atoms. The van der Waals surface area contributed by atoms with Crippen molar-refractivity contribution in [3.8, 4) is 0 Å². The zero-order chi connectivity index (χ0) is 15.9. The van der Waals surface area contributed by atoms with E-state index in [1.165, 1.54) is 12.7 Å². The van der Waals surface area contributed by atoms with Crippen molar-refractivity contribution in [2.75, 3.05) is 18.6 Å². The average molecular weight is 319 g/mol. The van der Waals surface area contributed by atoms with E-state index in [1.807, 2.05) is 18.2 Å². The molecular formula is C16H21N3O2S. The fourth-order valence-corrected chi connectivity index (χ4v) is 3.17. The number of carbonyl (C=O) groups excluding carboxylic acids is 1. The number of anilines is 1. The largest absolute Gasteiger partial charge is 0.469 e. The van der Waals surface area contributed by atoms with E-state index in [0.717, 1.165) is 23.8 Å². The lowest BCUT2D eigenvalue weighted by Crippen LogP contribution is -2.07. The minimum absolute atomic E-state index is 0.212. The number of aryl methyl sites for hydroxylation is 1. The van der Waals surface area contributed by atoms with E-state index < -0.39 is 0 Å². The number of nitrogen functional groups attached to an aromatic ring is 1. The molecule has 22 heavy (non-hydrogen) atoms. The second-order valence-corrected chi connectivity index (χ2v) is 5.90. The lowest BCUT2D eigenvalue weighted by Gasteiger charge is -2.11. The number of ether oxygens (including phenoxy) is 1. The minimum Gasteiger partial charge on any atom is -0.469 e. The van der Waals surface area contributed by atoms with Gasteiger partial charge in [0.05, 0.1) is 13.5 Å². The summed E-state index contributed by atoms with van der Waals surface area (Å²) in [7, 11) is 1.40. The average Bonchev–Trinajstić information content (AvgIpc) is 2.84. The van der Waals surface area contributed by atoms with Crippen LogP contribution in [0.15, 0.2) is 35.4 Å². The van der Waals surface area contributed by atoms with E-state index in [9.17, 15) is 4.79 Å². The van der Waals surface area contributed by atoms with Crippen molar-refractivity contribution in [2.24, 2.45) is 0 Å². The number of rotatable bonds is 7. The smallest absolute Gasteiger partial charge is 0.306 e. The van der Waals surface area contributed by atoms with Crippen LogP contribution in [0, 0.1) is 0 Å². The van der Waals surface area contributed by atoms with E-state index >= 15 is 0 Å². The van der Waals surface area contributed by atoms with Gasteiger partial charge in [-0.15, -0.1) is 11.8 Å². The Hall–Kier alpha value is -1.95. The molecule has 5 nitrogen and oxygen atoms in total. The predicted molar refractivity (Wildman–Crippen MR) is 88.9 cm³/mol. The molecule has 0 fully saturated rings. The second-order valence-electron chi connectivity index (χ2n) is 4.82. The number of hydrogen-bond acceptors (Lipinski definition) is 5. The van der Waals surface area contributed by atoms with Gasteiger partial charge in [0.1, 0.15) is 10.9 Å². The quantitative estimate of drug-likeness (QED) is 0.627. The third kappa shape index (κ3) is 4.04.